The minimum Gasteiger partial charge on any atom is -0.246 e. The molecule has 0 spiro atoms. The molecule has 0 aromatic carbocycles. The molecule has 3 heterocycles. The van der Waals surface area contributed by atoms with Gasteiger partial charge in [0.25, 0.3) is 0 Å². The molecule has 5 nitrogen and oxygen atoms in total. The highest BCUT2D eigenvalue weighted by Crippen LogP contribution is 2.69. The van der Waals surface area contributed by atoms with Gasteiger partial charge in [-0.3, -0.25) is 0 Å². The summed E-state index contributed by atoms with van der Waals surface area (Å²) < 4.78 is 5.17. The average molecular weight is 339 g/mol. The molecule has 0 radical (unpaired) electrons. The molecular formula is C20H25N3O2. The molecule has 4 aliphatic carbocycles. The lowest BCUT2D eigenvalue weighted by molar-refractivity contribution is 0.103. The first kappa shape index (κ1) is 14.4. The van der Waals surface area contributed by atoms with Crippen LogP contribution in [0.4, 0.5) is 0 Å². The van der Waals surface area contributed by atoms with E-state index in [1.54, 1.807) is 13.9 Å². The van der Waals surface area contributed by atoms with Crippen molar-refractivity contribution in [1.29, 1.82) is 0 Å². The van der Waals surface area contributed by atoms with Crippen LogP contribution in [-0.2, 0) is 0 Å². The van der Waals surface area contributed by atoms with Crippen LogP contribution < -0.4 is 11.4 Å². The van der Waals surface area contributed by atoms with E-state index in [-0.39, 0.29) is 40.3 Å². The number of rotatable bonds is 1. The maximum Gasteiger partial charge on any atom is 0.348 e. The lowest BCUT2D eigenvalue weighted by atomic mass is 9.68. The predicted molar refractivity (Wildman–Crippen MR) is 94.6 cm³/mol. The highest BCUT2D eigenvalue weighted by molar-refractivity contribution is 5.27. The molecule has 1 aromatic rings. The maximum atomic E-state index is 13.4. The Morgan fingerprint density at radius 1 is 0.920 bits per heavy atom. The summed E-state index contributed by atoms with van der Waals surface area (Å²) >= 11 is 0. The van der Waals surface area contributed by atoms with Gasteiger partial charge in [-0.25, -0.2) is 23.5 Å². The Kier molecular flexibility index (Phi) is 2.28. The highest BCUT2D eigenvalue weighted by atomic mass is 16.2. The van der Waals surface area contributed by atoms with E-state index in [1.807, 2.05) is 0 Å². The fraction of sp³-hybridized carbons (Fsp3) is 0.700. The van der Waals surface area contributed by atoms with Gasteiger partial charge in [0.15, 0.2) is 0 Å². The van der Waals surface area contributed by atoms with E-state index in [9.17, 15) is 9.59 Å². The quantitative estimate of drug-likeness (QED) is 0.739. The third kappa shape index (κ3) is 1.31. The molecule has 2 aliphatic heterocycles. The van der Waals surface area contributed by atoms with E-state index < -0.39 is 0 Å². The maximum absolute atomic E-state index is 13.4. The Morgan fingerprint density at radius 3 is 1.88 bits per heavy atom. The van der Waals surface area contributed by atoms with Crippen LogP contribution in [0.25, 0.3) is 0 Å². The summed E-state index contributed by atoms with van der Waals surface area (Å²) in [5.41, 5.74) is 0.0482. The van der Waals surface area contributed by atoms with Gasteiger partial charge in [-0.2, -0.15) is 0 Å². The third-order valence-electron chi connectivity index (χ3n) is 8.95. The molecule has 6 aliphatic rings. The summed E-state index contributed by atoms with van der Waals surface area (Å²) in [7, 11) is 0. The minimum atomic E-state index is -0.0855. The lowest BCUT2D eigenvalue weighted by Gasteiger charge is -2.47. The molecule has 0 unspecified atom stereocenters. The van der Waals surface area contributed by atoms with Crippen molar-refractivity contribution in [2.45, 2.75) is 58.2 Å². The Hall–Kier alpha value is -1.78. The molecule has 25 heavy (non-hydrogen) atoms. The normalized spacial score (nSPS) is 47.0. The fourth-order valence-electron chi connectivity index (χ4n) is 6.87. The van der Waals surface area contributed by atoms with Crippen molar-refractivity contribution in [3.63, 3.8) is 0 Å². The molecule has 4 bridgehead atoms. The molecule has 5 heteroatoms. The lowest BCUT2D eigenvalue weighted by Crippen LogP contribution is -2.50. The number of aromatic nitrogens is 3. The van der Waals surface area contributed by atoms with Gasteiger partial charge >= 0.3 is 11.4 Å². The van der Waals surface area contributed by atoms with Crippen molar-refractivity contribution >= 4 is 0 Å². The Labute approximate surface area is 146 Å². The smallest absolute Gasteiger partial charge is 0.246 e. The molecule has 0 amide bonds. The van der Waals surface area contributed by atoms with Crippen LogP contribution in [0.5, 0.6) is 0 Å². The van der Waals surface area contributed by atoms with Gasteiger partial charge in [-0.1, -0.05) is 45.1 Å². The van der Waals surface area contributed by atoms with Crippen LogP contribution in [-0.4, -0.2) is 13.9 Å². The first-order valence-electron chi connectivity index (χ1n) is 9.68. The zero-order valence-electron chi connectivity index (χ0n) is 15.1. The van der Waals surface area contributed by atoms with Crippen LogP contribution in [0.2, 0.25) is 0 Å². The summed E-state index contributed by atoms with van der Waals surface area (Å²) in [4.78, 5) is 26.7. The van der Waals surface area contributed by atoms with Crippen molar-refractivity contribution in [3.05, 3.63) is 45.3 Å². The zero-order chi connectivity index (χ0) is 17.3. The van der Waals surface area contributed by atoms with E-state index >= 15 is 0 Å². The van der Waals surface area contributed by atoms with Gasteiger partial charge in [-0.05, 0) is 36.0 Å². The number of nitrogens with zero attached hydrogens (tertiary/aromatic N) is 3. The summed E-state index contributed by atoms with van der Waals surface area (Å²) in [6.45, 7) is 6.97. The molecule has 1 aromatic heterocycles. The molecule has 132 valence electrons. The molecular weight excluding hydrogens is 314 g/mol. The molecule has 0 saturated heterocycles. The van der Waals surface area contributed by atoms with Crippen molar-refractivity contribution in [1.82, 2.24) is 13.9 Å². The van der Waals surface area contributed by atoms with E-state index in [2.05, 4.69) is 45.1 Å². The summed E-state index contributed by atoms with van der Waals surface area (Å²) in [5, 5.41) is 0. The van der Waals surface area contributed by atoms with Crippen LogP contribution in [0.3, 0.4) is 0 Å². The van der Waals surface area contributed by atoms with Crippen LogP contribution >= 0.6 is 0 Å². The fourth-order valence-corrected chi connectivity index (χ4v) is 6.87. The minimum absolute atomic E-state index is 0.0147. The second kappa shape index (κ2) is 3.97. The van der Waals surface area contributed by atoms with E-state index in [1.165, 1.54) is 6.42 Å². The average Bonchev–Trinajstić information content (AvgIpc) is 3.00. The number of hydrogen-bond donors (Lipinski definition) is 0. The van der Waals surface area contributed by atoms with E-state index in [4.69, 9.17) is 0 Å². The summed E-state index contributed by atoms with van der Waals surface area (Å²) in [5.74, 6) is 1.38. The first-order chi connectivity index (χ1) is 11.9. The van der Waals surface area contributed by atoms with Crippen molar-refractivity contribution < 1.29 is 0 Å². The Morgan fingerprint density at radius 2 is 1.48 bits per heavy atom. The molecule has 7 rings (SSSR count). The van der Waals surface area contributed by atoms with Gasteiger partial charge in [-0.15, -0.1) is 0 Å². The second-order valence-electron chi connectivity index (χ2n) is 9.66. The summed E-state index contributed by atoms with van der Waals surface area (Å²) in [6, 6.07) is 0.0681. The Balaban J connectivity index is 1.57. The SMILES string of the molecule is CC1(C)[C@H]2CC[C@@]1(C)[C@H](n1c(=O)n3n(c1=O)[C@H]1C=C[C@H]3[C@@H]3C=C[C@@H]31)C2. The van der Waals surface area contributed by atoms with Gasteiger partial charge in [0, 0.05) is 17.9 Å². The van der Waals surface area contributed by atoms with Crippen LogP contribution in [0.1, 0.15) is 58.2 Å². The molecule has 2 fully saturated rings. The number of fused-ring (bicyclic) bond motifs is 2. The first-order valence-corrected chi connectivity index (χ1v) is 9.68. The Bertz CT molecular complexity index is 921. The second-order valence-corrected chi connectivity index (χ2v) is 9.66. The van der Waals surface area contributed by atoms with Crippen LogP contribution in [0.15, 0.2) is 33.9 Å². The van der Waals surface area contributed by atoms with Gasteiger partial charge in [0.2, 0.25) is 0 Å². The largest absolute Gasteiger partial charge is 0.348 e. The van der Waals surface area contributed by atoms with Gasteiger partial charge < -0.3 is 0 Å². The van der Waals surface area contributed by atoms with E-state index in [0.29, 0.717) is 17.8 Å². The highest BCUT2D eigenvalue weighted by Gasteiger charge is 2.63. The number of allylic oxidation sites excluding steroid dienone is 4. The van der Waals surface area contributed by atoms with Crippen molar-refractivity contribution in [2.24, 2.45) is 28.6 Å². The molecule has 2 saturated carbocycles. The van der Waals surface area contributed by atoms with E-state index in [0.717, 1.165) is 12.8 Å². The van der Waals surface area contributed by atoms with Gasteiger partial charge in [0.1, 0.15) is 0 Å². The monoisotopic (exact) mass is 339 g/mol. The predicted octanol–water partition coefficient (Wildman–Crippen LogP) is 2.67. The van der Waals surface area contributed by atoms with Crippen molar-refractivity contribution in [3.8, 4) is 0 Å². The van der Waals surface area contributed by atoms with Crippen molar-refractivity contribution in [2.75, 3.05) is 0 Å². The third-order valence-corrected chi connectivity index (χ3v) is 8.95. The topological polar surface area (TPSA) is 48.9 Å². The number of hydrogen-bond acceptors (Lipinski definition) is 2. The van der Waals surface area contributed by atoms with Crippen LogP contribution in [0, 0.1) is 28.6 Å². The standard InChI is InChI=1S/C20H25N3O2/c1-19(2)11-8-9-20(19,3)16(10-11)21-17(24)22-14-6-7-15(23(22)18(21)25)13-5-4-12(13)14/h4-7,11-16H,8-10H2,1-3H3/t11-,12-,13+,14-,15-,16+,20-/m0/s1. The zero-order valence-corrected chi connectivity index (χ0v) is 15.1. The summed E-state index contributed by atoms with van der Waals surface area (Å²) in [6.07, 6.45) is 12.0. The molecule has 0 N–H and O–H groups in total. The molecule has 7 atom stereocenters. The van der Waals surface area contributed by atoms with Gasteiger partial charge in [0.05, 0.1) is 12.1 Å².